The van der Waals surface area contributed by atoms with E-state index in [4.69, 9.17) is 4.74 Å². The van der Waals surface area contributed by atoms with Crippen LogP contribution < -0.4 is 9.04 Å². The number of hydrogen-bond acceptors (Lipinski definition) is 3. The molecule has 0 aliphatic rings. The molecule has 0 saturated carbocycles. The summed E-state index contributed by atoms with van der Waals surface area (Å²) in [6.45, 7) is 2.16. The molecule has 0 N–H and O–H groups in total. The number of rotatable bonds is 7. The van der Waals surface area contributed by atoms with Gasteiger partial charge in [0.25, 0.3) is 10.0 Å². The molecule has 0 aliphatic carbocycles. The molecule has 0 spiro atoms. The van der Waals surface area contributed by atoms with Crippen LogP contribution in [0.1, 0.15) is 11.1 Å². The van der Waals surface area contributed by atoms with Crippen LogP contribution in [0.4, 0.5) is 5.69 Å². The Morgan fingerprint density at radius 3 is 2.14 bits per heavy atom. The molecule has 0 atom stereocenters. The molecule has 0 radical (unpaired) electrons. The molecule has 3 rings (SSSR count). The highest BCUT2D eigenvalue weighted by atomic mass is 32.2. The first-order valence-corrected chi connectivity index (χ1v) is 10.4. The number of aryl methyl sites for hydroxylation is 1. The van der Waals surface area contributed by atoms with Gasteiger partial charge in [-0.1, -0.05) is 60.2 Å². The van der Waals surface area contributed by atoms with Crippen molar-refractivity contribution in [2.45, 2.75) is 11.8 Å². The van der Waals surface area contributed by atoms with Gasteiger partial charge in [-0.15, -0.1) is 0 Å². The van der Waals surface area contributed by atoms with Crippen molar-refractivity contribution < 1.29 is 13.2 Å². The van der Waals surface area contributed by atoms with Crippen molar-refractivity contribution in [3.05, 3.63) is 96.1 Å². The minimum absolute atomic E-state index is 0.228. The van der Waals surface area contributed by atoms with E-state index < -0.39 is 10.0 Å². The summed E-state index contributed by atoms with van der Waals surface area (Å²) in [4.78, 5) is 0.278. The molecule has 0 saturated heterocycles. The molecule has 0 bridgehead atoms. The van der Waals surface area contributed by atoms with Crippen LogP contribution in [0, 0.1) is 6.92 Å². The second-order valence-corrected chi connectivity index (χ2v) is 8.22. The van der Waals surface area contributed by atoms with Crippen LogP contribution in [0.2, 0.25) is 0 Å². The lowest BCUT2D eigenvalue weighted by Crippen LogP contribution is -2.31. The highest BCUT2D eigenvalue weighted by Gasteiger charge is 2.23. The van der Waals surface area contributed by atoms with E-state index in [1.807, 2.05) is 73.7 Å². The van der Waals surface area contributed by atoms with E-state index in [9.17, 15) is 8.42 Å². The fourth-order valence-electron chi connectivity index (χ4n) is 2.77. The van der Waals surface area contributed by atoms with Crippen LogP contribution in [0.3, 0.4) is 0 Å². The van der Waals surface area contributed by atoms with Crippen LogP contribution in [-0.2, 0) is 10.0 Å². The molecule has 28 heavy (non-hydrogen) atoms. The lowest BCUT2D eigenvalue weighted by Gasteiger charge is -2.23. The van der Waals surface area contributed by atoms with Gasteiger partial charge in [-0.25, -0.2) is 8.42 Å². The van der Waals surface area contributed by atoms with E-state index in [0.717, 1.165) is 16.9 Å². The predicted octanol–water partition coefficient (Wildman–Crippen LogP) is 4.91. The SMILES string of the molecule is COc1ccc(/C=C/CN(c2ccccc2)S(=O)(=O)c2ccc(C)cc2)cc1. The Bertz CT molecular complexity index is 1030. The quantitative estimate of drug-likeness (QED) is 0.573. The smallest absolute Gasteiger partial charge is 0.264 e. The van der Waals surface area contributed by atoms with Gasteiger partial charge >= 0.3 is 0 Å². The fraction of sp³-hybridized carbons (Fsp3) is 0.130. The van der Waals surface area contributed by atoms with Gasteiger partial charge in [0.2, 0.25) is 0 Å². The maximum atomic E-state index is 13.2. The van der Waals surface area contributed by atoms with E-state index in [-0.39, 0.29) is 11.4 Å². The Hall–Kier alpha value is -3.05. The van der Waals surface area contributed by atoms with E-state index >= 15 is 0 Å². The summed E-state index contributed by atoms with van der Waals surface area (Å²) < 4.78 is 33.1. The Balaban J connectivity index is 1.89. The van der Waals surface area contributed by atoms with Gasteiger partial charge in [0, 0.05) is 0 Å². The molecule has 0 heterocycles. The average Bonchev–Trinajstić information content (AvgIpc) is 2.72. The molecule has 3 aromatic carbocycles. The molecule has 0 unspecified atom stereocenters. The molecule has 0 aromatic heterocycles. The number of hydrogen-bond donors (Lipinski definition) is 0. The molecule has 4 nitrogen and oxygen atoms in total. The largest absolute Gasteiger partial charge is 0.497 e. The first-order chi connectivity index (χ1) is 13.5. The van der Waals surface area contributed by atoms with Gasteiger partial charge in [-0.05, 0) is 48.9 Å². The molecule has 144 valence electrons. The minimum atomic E-state index is -3.67. The minimum Gasteiger partial charge on any atom is -0.497 e. The van der Waals surface area contributed by atoms with Gasteiger partial charge in [0.1, 0.15) is 5.75 Å². The number of benzene rings is 3. The summed E-state index contributed by atoms with van der Waals surface area (Å²) in [6, 6.07) is 23.6. The molecule has 0 aliphatic heterocycles. The zero-order valence-corrected chi connectivity index (χ0v) is 16.8. The molecule has 5 heteroatoms. The molecular weight excluding hydrogens is 370 g/mol. The van der Waals surface area contributed by atoms with Crippen LogP contribution >= 0.6 is 0 Å². The van der Waals surface area contributed by atoms with E-state index in [0.29, 0.717) is 5.69 Å². The van der Waals surface area contributed by atoms with Crippen molar-refractivity contribution in [3.63, 3.8) is 0 Å². The summed E-state index contributed by atoms with van der Waals surface area (Å²) >= 11 is 0. The van der Waals surface area contributed by atoms with E-state index in [1.54, 1.807) is 31.4 Å². The number of ether oxygens (including phenoxy) is 1. The Kier molecular flexibility index (Phi) is 6.16. The third-order valence-corrected chi connectivity index (χ3v) is 6.16. The molecule has 3 aromatic rings. The Morgan fingerprint density at radius 2 is 1.54 bits per heavy atom. The normalized spacial score (nSPS) is 11.5. The average molecular weight is 394 g/mol. The Morgan fingerprint density at radius 1 is 0.893 bits per heavy atom. The summed E-state index contributed by atoms with van der Waals surface area (Å²) in [6.07, 6.45) is 3.75. The van der Waals surface area contributed by atoms with E-state index in [1.165, 1.54) is 4.31 Å². The zero-order valence-electron chi connectivity index (χ0n) is 15.9. The van der Waals surface area contributed by atoms with Crippen LogP contribution in [0.25, 0.3) is 6.08 Å². The third kappa shape index (κ3) is 4.61. The van der Waals surface area contributed by atoms with Crippen molar-refractivity contribution in [1.82, 2.24) is 0 Å². The molecule has 0 amide bonds. The topological polar surface area (TPSA) is 46.6 Å². The number of anilines is 1. The van der Waals surface area contributed by atoms with Crippen molar-refractivity contribution in [2.75, 3.05) is 18.0 Å². The van der Waals surface area contributed by atoms with Crippen LogP contribution in [-0.4, -0.2) is 22.1 Å². The second kappa shape index (κ2) is 8.76. The first kappa shape index (κ1) is 19.7. The van der Waals surface area contributed by atoms with Crippen LogP contribution in [0.5, 0.6) is 5.75 Å². The van der Waals surface area contributed by atoms with Gasteiger partial charge in [0.15, 0.2) is 0 Å². The van der Waals surface area contributed by atoms with Crippen molar-refractivity contribution in [1.29, 1.82) is 0 Å². The van der Waals surface area contributed by atoms with Gasteiger partial charge in [0.05, 0.1) is 24.2 Å². The van der Waals surface area contributed by atoms with Crippen molar-refractivity contribution in [2.24, 2.45) is 0 Å². The standard InChI is InChI=1S/C23H23NO3S/c1-19-10-16-23(17-11-19)28(25,26)24(21-8-4-3-5-9-21)18-6-7-20-12-14-22(27-2)15-13-20/h3-17H,18H2,1-2H3/b7-6+. The van der Waals surface area contributed by atoms with E-state index in [2.05, 4.69) is 0 Å². The number of nitrogens with zero attached hydrogens (tertiary/aromatic N) is 1. The zero-order chi connectivity index (χ0) is 20.0. The lowest BCUT2D eigenvalue weighted by atomic mass is 10.2. The van der Waals surface area contributed by atoms with Crippen LogP contribution in [0.15, 0.2) is 89.8 Å². The first-order valence-electron chi connectivity index (χ1n) is 8.96. The summed E-state index contributed by atoms with van der Waals surface area (Å²) in [5.74, 6) is 0.782. The maximum absolute atomic E-state index is 13.2. The summed E-state index contributed by atoms with van der Waals surface area (Å²) in [7, 11) is -2.05. The number of para-hydroxylation sites is 1. The molecule has 0 fully saturated rings. The van der Waals surface area contributed by atoms with Crippen molar-refractivity contribution >= 4 is 21.8 Å². The van der Waals surface area contributed by atoms with Gasteiger partial charge in [-0.3, -0.25) is 4.31 Å². The molecular formula is C23H23NO3S. The van der Waals surface area contributed by atoms with Gasteiger partial charge in [-0.2, -0.15) is 0 Å². The Labute approximate surface area is 166 Å². The lowest BCUT2D eigenvalue weighted by molar-refractivity contribution is 0.415. The fourth-order valence-corrected chi connectivity index (χ4v) is 4.19. The second-order valence-electron chi connectivity index (χ2n) is 6.36. The summed E-state index contributed by atoms with van der Waals surface area (Å²) in [5, 5.41) is 0. The highest BCUT2D eigenvalue weighted by molar-refractivity contribution is 7.92. The monoisotopic (exact) mass is 393 g/mol. The van der Waals surface area contributed by atoms with Crippen molar-refractivity contribution in [3.8, 4) is 5.75 Å². The third-order valence-electron chi connectivity index (χ3n) is 4.35. The predicted molar refractivity (Wildman–Crippen MR) is 114 cm³/mol. The maximum Gasteiger partial charge on any atom is 0.264 e. The summed E-state index contributed by atoms with van der Waals surface area (Å²) in [5.41, 5.74) is 2.62. The number of sulfonamides is 1. The number of methoxy groups -OCH3 is 1. The van der Waals surface area contributed by atoms with Gasteiger partial charge < -0.3 is 4.74 Å². The highest BCUT2D eigenvalue weighted by Crippen LogP contribution is 2.24.